The van der Waals surface area contributed by atoms with E-state index in [0.29, 0.717) is 0 Å². The molecule has 0 aromatic heterocycles. The summed E-state index contributed by atoms with van der Waals surface area (Å²) in [5.74, 6) is 0.376. The van der Waals surface area contributed by atoms with Gasteiger partial charge in [0, 0.05) is 18.1 Å². The summed E-state index contributed by atoms with van der Waals surface area (Å²) in [5.41, 5.74) is 0. The molecule has 0 saturated carbocycles. The Morgan fingerprint density at radius 3 is 2.29 bits per heavy atom. The highest BCUT2D eigenvalue weighted by Gasteiger charge is 2.01. The number of Topliss-reactive ketones (excluding diaryl/α,β-unsaturated/α-hetero) is 1. The fraction of sp³-hybridized carbons (Fsp3) is 0.500. The molecule has 0 spiro atoms. The number of carbonyl (C=O) groups is 2. The lowest BCUT2D eigenvalue weighted by atomic mass is 10.2. The monoisotopic (exact) mass is 218 g/mol. The highest BCUT2D eigenvalue weighted by Crippen LogP contribution is 1.95. The maximum atomic E-state index is 10.8. The topological polar surface area (TPSA) is 88.5 Å². The van der Waals surface area contributed by atoms with Crippen molar-refractivity contribution in [2.24, 2.45) is 0 Å². The van der Waals surface area contributed by atoms with E-state index in [9.17, 15) is 18.0 Å². The van der Waals surface area contributed by atoms with Crippen molar-refractivity contribution < 1.29 is 23.1 Å². The van der Waals surface area contributed by atoms with Crippen LogP contribution in [0, 0.1) is 11.2 Å². The van der Waals surface area contributed by atoms with Crippen molar-refractivity contribution >= 4 is 21.6 Å². The number of carboxylic acid groups (broad SMARTS) is 1. The molecule has 0 heterocycles. The van der Waals surface area contributed by atoms with Crippen LogP contribution in [0.1, 0.15) is 19.3 Å². The van der Waals surface area contributed by atoms with Crippen LogP contribution in [0.3, 0.4) is 0 Å². The van der Waals surface area contributed by atoms with Crippen LogP contribution in [-0.4, -0.2) is 31.5 Å². The van der Waals surface area contributed by atoms with Gasteiger partial charge in [-0.1, -0.05) is 0 Å². The van der Waals surface area contributed by atoms with E-state index in [0.717, 1.165) is 6.26 Å². The average molecular weight is 218 g/mol. The molecule has 5 nitrogen and oxygen atoms in total. The van der Waals surface area contributed by atoms with E-state index in [1.54, 1.807) is 5.25 Å². The van der Waals surface area contributed by atoms with Gasteiger partial charge in [-0.3, -0.25) is 9.59 Å². The molecule has 0 aliphatic carbocycles. The molecule has 0 aliphatic heterocycles. The minimum Gasteiger partial charge on any atom is -0.481 e. The van der Waals surface area contributed by atoms with Gasteiger partial charge in [0.05, 0.1) is 6.26 Å². The second kappa shape index (κ2) is 5.40. The summed E-state index contributed by atoms with van der Waals surface area (Å²) in [4.78, 5) is 20.9. The molecule has 0 unspecified atom stereocenters. The molecule has 0 fully saturated rings. The van der Waals surface area contributed by atoms with Gasteiger partial charge in [0.25, 0.3) is 0 Å². The van der Waals surface area contributed by atoms with Crippen molar-refractivity contribution in [1.29, 1.82) is 0 Å². The first-order chi connectivity index (χ1) is 6.31. The first kappa shape index (κ1) is 12.7. The van der Waals surface area contributed by atoms with E-state index in [-0.39, 0.29) is 19.3 Å². The third-order valence-electron chi connectivity index (χ3n) is 1.17. The number of carboxylic acids is 1. The van der Waals surface area contributed by atoms with Crippen LogP contribution in [0.25, 0.3) is 0 Å². The Bertz CT molecular complexity index is 382. The van der Waals surface area contributed by atoms with E-state index in [2.05, 4.69) is 0 Å². The van der Waals surface area contributed by atoms with Crippen LogP contribution in [0.5, 0.6) is 0 Å². The van der Waals surface area contributed by atoms with Gasteiger partial charge in [0.2, 0.25) is 15.6 Å². The molecule has 0 rings (SSSR count). The Kier molecular flexibility index (Phi) is 4.87. The number of rotatable bonds is 4. The highest BCUT2D eigenvalue weighted by molar-refractivity contribution is 7.95. The third-order valence-corrected chi connectivity index (χ3v) is 1.64. The Balaban J connectivity index is 3.99. The highest BCUT2D eigenvalue weighted by atomic mass is 32.2. The largest absolute Gasteiger partial charge is 0.481 e. The zero-order valence-corrected chi connectivity index (χ0v) is 8.43. The quantitative estimate of drug-likeness (QED) is 0.522. The summed E-state index contributed by atoms with van der Waals surface area (Å²) in [5, 5.41) is 10.0. The van der Waals surface area contributed by atoms with E-state index < -0.39 is 21.6 Å². The molecular weight excluding hydrogens is 208 g/mol. The summed E-state index contributed by atoms with van der Waals surface area (Å²) in [6, 6.07) is 0. The van der Waals surface area contributed by atoms with Crippen LogP contribution in [-0.2, 0) is 19.4 Å². The summed E-state index contributed by atoms with van der Waals surface area (Å²) in [7, 11) is -3.46. The summed E-state index contributed by atoms with van der Waals surface area (Å²) >= 11 is 0. The summed E-state index contributed by atoms with van der Waals surface area (Å²) in [6.07, 6.45) is 0.915. The zero-order chi connectivity index (χ0) is 11.2. The molecule has 0 aromatic rings. The van der Waals surface area contributed by atoms with Crippen molar-refractivity contribution in [3.63, 3.8) is 0 Å². The fourth-order valence-electron chi connectivity index (χ4n) is 0.612. The summed E-state index contributed by atoms with van der Waals surface area (Å²) in [6.45, 7) is 0. The number of hydrogen-bond donors (Lipinski definition) is 1. The van der Waals surface area contributed by atoms with Crippen LogP contribution >= 0.6 is 0 Å². The lowest BCUT2D eigenvalue weighted by molar-refractivity contribution is -0.137. The molecule has 14 heavy (non-hydrogen) atoms. The van der Waals surface area contributed by atoms with Crippen molar-refractivity contribution in [2.75, 3.05) is 6.26 Å². The van der Waals surface area contributed by atoms with Crippen LogP contribution < -0.4 is 0 Å². The maximum Gasteiger partial charge on any atom is 0.303 e. The van der Waals surface area contributed by atoms with Crippen LogP contribution in [0.2, 0.25) is 0 Å². The molecular formula is C8H10O5S. The molecule has 0 aliphatic rings. The predicted octanol–water partition coefficient (Wildman–Crippen LogP) is -0.184. The van der Waals surface area contributed by atoms with Gasteiger partial charge in [-0.2, -0.15) is 0 Å². The Labute approximate surface area is 82.0 Å². The number of sulfone groups is 1. The maximum absolute atomic E-state index is 10.8. The van der Waals surface area contributed by atoms with Gasteiger partial charge in [0.15, 0.2) is 0 Å². The van der Waals surface area contributed by atoms with Gasteiger partial charge >= 0.3 is 5.97 Å². The number of carbonyl (C=O) groups excluding carboxylic acids is 1. The first-order valence-corrected chi connectivity index (χ1v) is 5.68. The zero-order valence-electron chi connectivity index (χ0n) is 7.61. The molecule has 0 aromatic carbocycles. The van der Waals surface area contributed by atoms with E-state index in [4.69, 9.17) is 5.11 Å². The summed E-state index contributed by atoms with van der Waals surface area (Å²) < 4.78 is 21.0. The number of ketones is 1. The van der Waals surface area contributed by atoms with E-state index in [1.807, 2.05) is 5.92 Å². The van der Waals surface area contributed by atoms with Crippen molar-refractivity contribution in [1.82, 2.24) is 0 Å². The predicted molar refractivity (Wildman–Crippen MR) is 49.1 cm³/mol. The average Bonchev–Trinajstić information content (AvgIpc) is 1.99. The van der Waals surface area contributed by atoms with Crippen LogP contribution in [0.15, 0.2) is 0 Å². The normalized spacial score (nSPS) is 10.1. The Morgan fingerprint density at radius 2 is 1.86 bits per heavy atom. The van der Waals surface area contributed by atoms with E-state index >= 15 is 0 Å². The minimum absolute atomic E-state index is 0.0329. The lowest BCUT2D eigenvalue weighted by Gasteiger charge is -1.90. The minimum atomic E-state index is -3.46. The molecule has 0 radical (unpaired) electrons. The SMILES string of the molecule is CS(=O)(=O)C#CC(=O)CCCC(=O)O. The van der Waals surface area contributed by atoms with E-state index in [1.165, 1.54) is 0 Å². The second-order valence-electron chi connectivity index (χ2n) is 2.67. The molecule has 6 heteroatoms. The van der Waals surface area contributed by atoms with Crippen molar-refractivity contribution in [3.8, 4) is 11.2 Å². The Morgan fingerprint density at radius 1 is 1.29 bits per heavy atom. The van der Waals surface area contributed by atoms with Gasteiger partial charge in [-0.15, -0.1) is 0 Å². The van der Waals surface area contributed by atoms with Crippen molar-refractivity contribution in [3.05, 3.63) is 0 Å². The molecule has 0 bridgehead atoms. The van der Waals surface area contributed by atoms with Gasteiger partial charge in [0.1, 0.15) is 0 Å². The number of aliphatic carboxylic acids is 1. The molecule has 0 saturated heterocycles. The standard InChI is InChI=1S/C8H10O5S/c1-14(12,13)6-5-7(9)3-2-4-8(10)11/h2-4H2,1H3,(H,10,11). The molecule has 0 atom stereocenters. The van der Waals surface area contributed by atoms with Gasteiger partial charge in [-0.25, -0.2) is 8.42 Å². The Hall–Kier alpha value is -1.35. The third kappa shape index (κ3) is 8.74. The molecule has 1 N–H and O–H groups in total. The van der Waals surface area contributed by atoms with Gasteiger partial charge in [-0.05, 0) is 12.3 Å². The fourth-order valence-corrected chi connectivity index (χ4v) is 0.912. The second-order valence-corrected chi connectivity index (χ2v) is 4.42. The van der Waals surface area contributed by atoms with Gasteiger partial charge < -0.3 is 5.11 Å². The number of hydrogen-bond acceptors (Lipinski definition) is 4. The lowest BCUT2D eigenvalue weighted by Crippen LogP contribution is -1.99. The molecule has 0 amide bonds. The smallest absolute Gasteiger partial charge is 0.303 e. The first-order valence-electron chi connectivity index (χ1n) is 3.78. The van der Waals surface area contributed by atoms with Crippen LogP contribution in [0.4, 0.5) is 0 Å². The van der Waals surface area contributed by atoms with Crippen molar-refractivity contribution in [2.45, 2.75) is 19.3 Å². The molecule has 78 valence electrons.